The van der Waals surface area contributed by atoms with E-state index in [1.807, 2.05) is 24.3 Å². The van der Waals surface area contributed by atoms with Crippen molar-refractivity contribution in [2.24, 2.45) is 4.99 Å². The topological polar surface area (TPSA) is 64.1 Å². The zero-order chi connectivity index (χ0) is 18.9. The highest BCUT2D eigenvalue weighted by molar-refractivity contribution is 14.0. The minimum Gasteiger partial charge on any atom is -0.454 e. The van der Waals surface area contributed by atoms with Crippen molar-refractivity contribution in [2.45, 2.75) is 26.5 Å². The summed E-state index contributed by atoms with van der Waals surface area (Å²) < 4.78 is 16.1. The monoisotopic (exact) mass is 497 g/mol. The Balaban J connectivity index is 0.00000280. The molecule has 0 radical (unpaired) electrons. The Labute approximate surface area is 183 Å². The number of nitrogens with one attached hydrogen (secondary N) is 2. The summed E-state index contributed by atoms with van der Waals surface area (Å²) >= 11 is 0. The van der Waals surface area contributed by atoms with E-state index >= 15 is 0 Å². The normalized spacial score (nSPS) is 12.4. The van der Waals surface area contributed by atoms with Crippen molar-refractivity contribution in [3.05, 3.63) is 59.2 Å². The molecule has 2 aromatic rings. The molecular formula is C21H28IN3O3. The van der Waals surface area contributed by atoms with E-state index in [1.165, 1.54) is 16.7 Å². The molecular weight excluding hydrogens is 469 g/mol. The Morgan fingerprint density at radius 1 is 1.07 bits per heavy atom. The lowest BCUT2D eigenvalue weighted by Gasteiger charge is -2.12. The van der Waals surface area contributed by atoms with E-state index in [1.54, 1.807) is 7.11 Å². The van der Waals surface area contributed by atoms with Crippen LogP contribution in [-0.4, -0.2) is 33.0 Å². The maximum Gasteiger partial charge on any atom is 0.231 e. The number of ether oxygens (including phenoxy) is 3. The second kappa shape index (κ2) is 11.8. The van der Waals surface area contributed by atoms with Crippen LogP contribution >= 0.6 is 24.0 Å². The van der Waals surface area contributed by atoms with Crippen LogP contribution in [0.3, 0.4) is 0 Å². The fourth-order valence-corrected chi connectivity index (χ4v) is 2.94. The van der Waals surface area contributed by atoms with Gasteiger partial charge < -0.3 is 24.8 Å². The van der Waals surface area contributed by atoms with Crippen LogP contribution in [0.2, 0.25) is 0 Å². The Morgan fingerprint density at radius 2 is 1.86 bits per heavy atom. The Kier molecular flexibility index (Phi) is 9.36. The van der Waals surface area contributed by atoms with Crippen molar-refractivity contribution in [3.63, 3.8) is 0 Å². The first kappa shape index (κ1) is 22.3. The fraction of sp³-hybridized carbons (Fsp3) is 0.381. The van der Waals surface area contributed by atoms with Gasteiger partial charge in [-0.2, -0.15) is 0 Å². The predicted octanol–water partition coefficient (Wildman–Crippen LogP) is 3.48. The van der Waals surface area contributed by atoms with Gasteiger partial charge in [0.25, 0.3) is 0 Å². The SMILES string of the molecule is CCNC(=NCc1ccccc1COC)NCCc1ccc2c(c1)OCO2.I. The molecule has 0 aliphatic carbocycles. The van der Waals surface area contributed by atoms with E-state index in [9.17, 15) is 0 Å². The third-order valence-corrected chi connectivity index (χ3v) is 4.31. The molecule has 0 aromatic heterocycles. The molecule has 1 aliphatic rings. The number of guanidine groups is 1. The fourth-order valence-electron chi connectivity index (χ4n) is 2.94. The Bertz CT molecular complexity index is 783. The van der Waals surface area contributed by atoms with Crippen LogP contribution in [0.5, 0.6) is 11.5 Å². The molecule has 3 rings (SSSR count). The Hall–Kier alpha value is -2.00. The van der Waals surface area contributed by atoms with Gasteiger partial charge in [0.05, 0.1) is 13.2 Å². The third kappa shape index (κ3) is 6.27. The molecule has 0 bridgehead atoms. The van der Waals surface area contributed by atoms with Gasteiger partial charge in [-0.05, 0) is 42.2 Å². The van der Waals surface area contributed by atoms with Gasteiger partial charge in [-0.1, -0.05) is 30.3 Å². The lowest BCUT2D eigenvalue weighted by molar-refractivity contribution is 0.174. The van der Waals surface area contributed by atoms with Gasteiger partial charge in [0.1, 0.15) is 0 Å². The zero-order valence-corrected chi connectivity index (χ0v) is 18.7. The van der Waals surface area contributed by atoms with Crippen LogP contribution in [0.25, 0.3) is 0 Å². The van der Waals surface area contributed by atoms with E-state index in [4.69, 9.17) is 19.2 Å². The zero-order valence-electron chi connectivity index (χ0n) is 16.4. The number of hydrogen-bond donors (Lipinski definition) is 2. The van der Waals surface area contributed by atoms with Crippen molar-refractivity contribution >= 4 is 29.9 Å². The number of hydrogen-bond acceptors (Lipinski definition) is 4. The average molecular weight is 497 g/mol. The van der Waals surface area contributed by atoms with Gasteiger partial charge >= 0.3 is 0 Å². The summed E-state index contributed by atoms with van der Waals surface area (Å²) in [6.07, 6.45) is 0.876. The number of aliphatic imine (C=N–C) groups is 1. The molecule has 0 saturated heterocycles. The molecule has 1 heterocycles. The summed E-state index contributed by atoms with van der Waals surface area (Å²) in [6, 6.07) is 14.3. The standard InChI is InChI=1S/C21H27N3O3.HI/c1-3-22-21(24-13-17-6-4-5-7-18(17)14-25-2)23-11-10-16-8-9-19-20(12-16)27-15-26-19;/h4-9,12H,3,10-11,13-15H2,1-2H3,(H2,22,23,24);1H. The van der Waals surface area contributed by atoms with Gasteiger partial charge in [0.15, 0.2) is 17.5 Å². The summed E-state index contributed by atoms with van der Waals surface area (Å²) in [5.41, 5.74) is 3.54. The first-order valence-corrected chi connectivity index (χ1v) is 9.26. The molecule has 0 saturated carbocycles. The number of fused-ring (bicyclic) bond motifs is 1. The summed E-state index contributed by atoms with van der Waals surface area (Å²) in [4.78, 5) is 4.71. The van der Waals surface area contributed by atoms with E-state index in [-0.39, 0.29) is 24.0 Å². The molecule has 2 aromatic carbocycles. The third-order valence-electron chi connectivity index (χ3n) is 4.31. The highest BCUT2D eigenvalue weighted by Gasteiger charge is 2.13. The molecule has 0 amide bonds. The van der Waals surface area contributed by atoms with Gasteiger partial charge in [-0.15, -0.1) is 24.0 Å². The number of rotatable bonds is 8. The molecule has 1 aliphatic heterocycles. The molecule has 0 unspecified atom stereocenters. The number of nitrogens with zero attached hydrogens (tertiary/aromatic N) is 1. The number of benzene rings is 2. The minimum absolute atomic E-state index is 0. The molecule has 152 valence electrons. The van der Waals surface area contributed by atoms with E-state index in [2.05, 4.69) is 35.8 Å². The first-order chi connectivity index (χ1) is 13.3. The summed E-state index contributed by atoms with van der Waals surface area (Å²) in [6.45, 7) is 5.17. The Morgan fingerprint density at radius 3 is 2.64 bits per heavy atom. The average Bonchev–Trinajstić information content (AvgIpc) is 3.15. The maximum absolute atomic E-state index is 5.43. The van der Waals surface area contributed by atoms with Gasteiger partial charge in [0, 0.05) is 20.2 Å². The molecule has 2 N–H and O–H groups in total. The van der Waals surface area contributed by atoms with Crippen LogP contribution in [-0.2, 0) is 24.3 Å². The minimum atomic E-state index is 0. The van der Waals surface area contributed by atoms with E-state index in [0.29, 0.717) is 19.9 Å². The molecule has 28 heavy (non-hydrogen) atoms. The second-order valence-corrected chi connectivity index (χ2v) is 6.26. The summed E-state index contributed by atoms with van der Waals surface area (Å²) in [5.74, 6) is 2.45. The molecule has 0 atom stereocenters. The van der Waals surface area contributed by atoms with Crippen LogP contribution < -0.4 is 20.1 Å². The van der Waals surface area contributed by atoms with Crippen molar-refractivity contribution in [1.29, 1.82) is 0 Å². The first-order valence-electron chi connectivity index (χ1n) is 9.26. The van der Waals surface area contributed by atoms with Crippen LogP contribution in [0.1, 0.15) is 23.6 Å². The van der Waals surface area contributed by atoms with E-state index in [0.717, 1.165) is 37.0 Å². The number of methoxy groups -OCH3 is 1. The summed E-state index contributed by atoms with van der Waals surface area (Å²) in [5, 5.41) is 6.69. The predicted molar refractivity (Wildman–Crippen MR) is 122 cm³/mol. The van der Waals surface area contributed by atoms with Crippen molar-refractivity contribution in [1.82, 2.24) is 10.6 Å². The van der Waals surface area contributed by atoms with Gasteiger partial charge in [0.2, 0.25) is 6.79 Å². The number of halogens is 1. The van der Waals surface area contributed by atoms with Crippen LogP contribution in [0, 0.1) is 0 Å². The van der Waals surface area contributed by atoms with Crippen molar-refractivity contribution < 1.29 is 14.2 Å². The smallest absolute Gasteiger partial charge is 0.231 e. The summed E-state index contributed by atoms with van der Waals surface area (Å²) in [7, 11) is 1.71. The molecule has 7 heteroatoms. The quantitative estimate of drug-likeness (QED) is 0.332. The van der Waals surface area contributed by atoms with Crippen molar-refractivity contribution in [2.75, 3.05) is 27.0 Å². The highest BCUT2D eigenvalue weighted by Crippen LogP contribution is 2.32. The lowest BCUT2D eigenvalue weighted by Crippen LogP contribution is -2.38. The largest absolute Gasteiger partial charge is 0.454 e. The molecule has 6 nitrogen and oxygen atoms in total. The lowest BCUT2D eigenvalue weighted by atomic mass is 10.1. The molecule has 0 fully saturated rings. The maximum atomic E-state index is 5.43. The van der Waals surface area contributed by atoms with Crippen molar-refractivity contribution in [3.8, 4) is 11.5 Å². The van der Waals surface area contributed by atoms with Crippen LogP contribution in [0.4, 0.5) is 0 Å². The highest BCUT2D eigenvalue weighted by atomic mass is 127. The van der Waals surface area contributed by atoms with Crippen LogP contribution in [0.15, 0.2) is 47.5 Å². The van der Waals surface area contributed by atoms with Gasteiger partial charge in [-0.3, -0.25) is 0 Å². The molecule has 0 spiro atoms. The second-order valence-electron chi connectivity index (χ2n) is 6.26. The van der Waals surface area contributed by atoms with Gasteiger partial charge in [-0.25, -0.2) is 4.99 Å². The van der Waals surface area contributed by atoms with E-state index < -0.39 is 0 Å².